The van der Waals surface area contributed by atoms with Crippen molar-refractivity contribution >= 4 is 50.3 Å². The molecule has 0 atom stereocenters. The topological polar surface area (TPSA) is 83.5 Å². The average molecular weight is 427 g/mol. The lowest BCUT2D eigenvalue weighted by atomic mass is 10.2. The number of ketones is 1. The van der Waals surface area contributed by atoms with E-state index in [1.165, 1.54) is 23.4 Å². The summed E-state index contributed by atoms with van der Waals surface area (Å²) in [6.07, 6.45) is 2.66. The number of hydrogen-bond acceptors (Lipinski definition) is 5. The van der Waals surface area contributed by atoms with Crippen LogP contribution in [0.25, 0.3) is 0 Å². The molecule has 1 aromatic carbocycles. The molecule has 144 valence electrons. The number of carbonyl (C=O) groups excluding carboxylic acids is 2. The van der Waals surface area contributed by atoms with E-state index in [9.17, 15) is 18.0 Å². The van der Waals surface area contributed by atoms with Gasteiger partial charge in [0.15, 0.2) is 5.78 Å². The minimum absolute atomic E-state index is 0.0144. The Morgan fingerprint density at radius 1 is 1.07 bits per heavy atom. The molecule has 6 nitrogen and oxygen atoms in total. The number of thiophene rings is 1. The lowest BCUT2D eigenvalue weighted by Gasteiger charge is -2.26. The zero-order valence-electron chi connectivity index (χ0n) is 14.7. The van der Waals surface area contributed by atoms with E-state index < -0.39 is 15.9 Å². The number of nitrogens with one attached hydrogen (secondary N) is 1. The number of hydrogen-bond donors (Lipinski definition) is 1. The normalized spacial score (nSPS) is 15.5. The van der Waals surface area contributed by atoms with Crippen molar-refractivity contribution in [1.82, 2.24) is 4.31 Å². The molecule has 0 radical (unpaired) electrons. The van der Waals surface area contributed by atoms with Crippen LogP contribution in [0.2, 0.25) is 5.02 Å². The van der Waals surface area contributed by atoms with Crippen LogP contribution < -0.4 is 5.32 Å². The van der Waals surface area contributed by atoms with Crippen molar-refractivity contribution in [2.75, 3.05) is 18.4 Å². The van der Waals surface area contributed by atoms with Gasteiger partial charge in [0, 0.05) is 18.8 Å². The summed E-state index contributed by atoms with van der Waals surface area (Å²) in [6, 6.07) is 7.55. The van der Waals surface area contributed by atoms with Crippen molar-refractivity contribution in [3.63, 3.8) is 0 Å². The highest BCUT2D eigenvalue weighted by atomic mass is 35.5. The van der Waals surface area contributed by atoms with Crippen molar-refractivity contribution in [3.8, 4) is 0 Å². The minimum atomic E-state index is -3.71. The molecule has 1 saturated heterocycles. The Labute approximate surface area is 167 Å². The number of nitrogens with zero attached hydrogens (tertiary/aromatic N) is 1. The third-order valence-electron chi connectivity index (χ3n) is 4.30. The van der Waals surface area contributed by atoms with Crippen LogP contribution in [0.4, 0.5) is 5.69 Å². The predicted octanol–water partition coefficient (Wildman–Crippen LogP) is 4.03. The molecule has 27 heavy (non-hydrogen) atoms. The maximum absolute atomic E-state index is 12.9. The fourth-order valence-electron chi connectivity index (χ4n) is 2.86. The summed E-state index contributed by atoms with van der Waals surface area (Å²) >= 11 is 7.23. The van der Waals surface area contributed by atoms with E-state index in [1.54, 1.807) is 18.2 Å². The molecule has 0 saturated carbocycles. The Morgan fingerprint density at radius 3 is 2.37 bits per heavy atom. The highest BCUT2D eigenvalue weighted by Crippen LogP contribution is 2.30. The molecule has 0 aliphatic carbocycles. The summed E-state index contributed by atoms with van der Waals surface area (Å²) in [5, 5.41) is 2.79. The van der Waals surface area contributed by atoms with Crippen LogP contribution in [-0.2, 0) is 10.0 Å². The first-order valence-electron chi connectivity index (χ1n) is 8.51. The molecule has 0 bridgehead atoms. The molecule has 1 N–H and O–H groups in total. The molecule has 1 amide bonds. The van der Waals surface area contributed by atoms with Crippen molar-refractivity contribution in [2.45, 2.75) is 31.1 Å². The van der Waals surface area contributed by atoms with Gasteiger partial charge in [-0.1, -0.05) is 18.0 Å². The molecular formula is C18H19ClN2O4S2. The van der Waals surface area contributed by atoms with Gasteiger partial charge in [-0.3, -0.25) is 9.59 Å². The number of benzene rings is 1. The van der Waals surface area contributed by atoms with Gasteiger partial charge in [-0.2, -0.15) is 4.31 Å². The number of halogens is 1. The number of carbonyl (C=O) groups is 2. The van der Waals surface area contributed by atoms with E-state index in [-0.39, 0.29) is 15.7 Å². The Kier molecular flexibility index (Phi) is 6.00. The second-order valence-electron chi connectivity index (χ2n) is 6.28. The summed E-state index contributed by atoms with van der Waals surface area (Å²) in [4.78, 5) is 24.6. The lowest BCUT2D eigenvalue weighted by molar-refractivity contribution is 0.101. The summed E-state index contributed by atoms with van der Waals surface area (Å²) in [6.45, 7) is 2.38. The van der Waals surface area contributed by atoms with Gasteiger partial charge in [0.25, 0.3) is 5.91 Å². The van der Waals surface area contributed by atoms with Crippen molar-refractivity contribution in [1.29, 1.82) is 0 Å². The molecule has 0 unspecified atom stereocenters. The molecule has 1 aliphatic rings. The van der Waals surface area contributed by atoms with E-state index in [0.29, 0.717) is 28.5 Å². The lowest BCUT2D eigenvalue weighted by Crippen LogP contribution is -2.35. The zero-order chi connectivity index (χ0) is 19.6. The third kappa shape index (κ3) is 4.40. The largest absolute Gasteiger partial charge is 0.321 e. The Morgan fingerprint density at radius 2 is 1.74 bits per heavy atom. The van der Waals surface area contributed by atoms with Gasteiger partial charge in [0.1, 0.15) is 4.90 Å². The van der Waals surface area contributed by atoms with Crippen LogP contribution in [0.5, 0.6) is 0 Å². The SMILES string of the molecule is CC(=O)c1ccc(C(=O)Nc2ccc(Cl)c(S(=O)(=O)N3CCCCC3)c2)s1. The molecule has 1 aromatic heterocycles. The summed E-state index contributed by atoms with van der Waals surface area (Å²) in [5.41, 5.74) is 0.331. The molecule has 3 rings (SSSR count). The van der Waals surface area contributed by atoms with E-state index in [0.717, 1.165) is 30.6 Å². The van der Waals surface area contributed by atoms with Crippen LogP contribution in [0.1, 0.15) is 45.5 Å². The van der Waals surface area contributed by atoms with Crippen molar-refractivity contribution in [2.24, 2.45) is 0 Å². The van der Waals surface area contributed by atoms with E-state index in [1.807, 2.05) is 0 Å². The van der Waals surface area contributed by atoms with Crippen molar-refractivity contribution in [3.05, 3.63) is 45.1 Å². The molecule has 1 fully saturated rings. The van der Waals surface area contributed by atoms with Gasteiger partial charge >= 0.3 is 0 Å². The number of sulfonamides is 1. The fourth-order valence-corrected chi connectivity index (χ4v) is 5.68. The maximum atomic E-state index is 12.9. The predicted molar refractivity (Wildman–Crippen MR) is 106 cm³/mol. The van der Waals surface area contributed by atoms with Gasteiger partial charge in [-0.25, -0.2) is 8.42 Å². The summed E-state index contributed by atoms with van der Waals surface area (Å²) in [7, 11) is -3.71. The molecule has 2 heterocycles. The second-order valence-corrected chi connectivity index (χ2v) is 9.68. The van der Waals surface area contributed by atoms with Crippen molar-refractivity contribution < 1.29 is 18.0 Å². The monoisotopic (exact) mass is 426 g/mol. The first kappa shape index (κ1) is 20.0. The Bertz CT molecular complexity index is 979. The fraction of sp³-hybridized carbons (Fsp3) is 0.333. The quantitative estimate of drug-likeness (QED) is 0.731. The number of amides is 1. The van der Waals surface area contributed by atoms with Gasteiger partial charge in [0.2, 0.25) is 10.0 Å². The maximum Gasteiger partial charge on any atom is 0.265 e. The summed E-state index contributed by atoms with van der Waals surface area (Å²) in [5.74, 6) is -0.517. The highest BCUT2D eigenvalue weighted by Gasteiger charge is 2.28. The first-order valence-corrected chi connectivity index (χ1v) is 11.1. The van der Waals surface area contributed by atoms with Crippen LogP contribution in [0.15, 0.2) is 35.2 Å². The molecular weight excluding hydrogens is 408 g/mol. The number of anilines is 1. The second kappa shape index (κ2) is 8.10. The van der Waals surface area contributed by atoms with Crippen LogP contribution >= 0.6 is 22.9 Å². The first-order chi connectivity index (χ1) is 12.8. The number of Topliss-reactive ketones (excluding diaryl/α,β-unsaturated/α-hetero) is 1. The smallest absolute Gasteiger partial charge is 0.265 e. The van der Waals surface area contributed by atoms with Crippen LogP contribution in [0, 0.1) is 0 Å². The van der Waals surface area contributed by atoms with E-state index >= 15 is 0 Å². The molecule has 0 spiro atoms. The standard InChI is InChI=1S/C18H19ClN2O4S2/c1-12(22)15-7-8-16(26-15)18(23)20-13-5-6-14(19)17(11-13)27(24,25)21-9-3-2-4-10-21/h5-8,11H,2-4,9-10H2,1H3,(H,20,23). The zero-order valence-corrected chi connectivity index (χ0v) is 17.1. The average Bonchev–Trinajstić information content (AvgIpc) is 3.14. The van der Waals surface area contributed by atoms with Gasteiger partial charge in [-0.15, -0.1) is 11.3 Å². The summed E-state index contributed by atoms with van der Waals surface area (Å²) < 4.78 is 27.2. The van der Waals surface area contributed by atoms with Gasteiger partial charge in [0.05, 0.1) is 14.8 Å². The number of rotatable bonds is 5. The Hall–Kier alpha value is -1.74. The van der Waals surface area contributed by atoms with Gasteiger partial charge < -0.3 is 5.32 Å². The molecule has 2 aromatic rings. The minimum Gasteiger partial charge on any atom is -0.321 e. The van der Waals surface area contributed by atoms with Crippen LogP contribution in [0.3, 0.4) is 0 Å². The van der Waals surface area contributed by atoms with Gasteiger partial charge in [-0.05, 0) is 50.1 Å². The van der Waals surface area contributed by atoms with E-state index in [2.05, 4.69) is 5.32 Å². The number of piperidine rings is 1. The third-order valence-corrected chi connectivity index (χ3v) is 7.86. The molecule has 1 aliphatic heterocycles. The van der Waals surface area contributed by atoms with E-state index in [4.69, 9.17) is 11.6 Å². The Balaban J connectivity index is 1.84. The molecule has 9 heteroatoms. The highest BCUT2D eigenvalue weighted by molar-refractivity contribution is 7.89. The van der Waals surface area contributed by atoms with Crippen LogP contribution in [-0.4, -0.2) is 37.5 Å².